The zero-order valence-corrected chi connectivity index (χ0v) is 17.0. The molecule has 8 heteroatoms. The summed E-state index contributed by atoms with van der Waals surface area (Å²) in [4.78, 5) is 14.5. The van der Waals surface area contributed by atoms with Crippen LogP contribution in [-0.2, 0) is 4.79 Å². The van der Waals surface area contributed by atoms with Crippen molar-refractivity contribution in [2.75, 3.05) is 17.3 Å². The highest BCUT2D eigenvalue weighted by atomic mass is 32.2. The highest BCUT2D eigenvalue weighted by molar-refractivity contribution is 7.99. The molecule has 150 valence electrons. The molecule has 3 aromatic rings. The van der Waals surface area contributed by atoms with Crippen LogP contribution in [0.5, 0.6) is 11.5 Å². The summed E-state index contributed by atoms with van der Waals surface area (Å²) in [5.74, 6) is 1.83. The molecule has 1 aliphatic rings. The van der Waals surface area contributed by atoms with E-state index in [4.69, 9.17) is 13.9 Å². The third-order valence-electron chi connectivity index (χ3n) is 4.34. The number of carbonyl (C=O) groups is 1. The van der Waals surface area contributed by atoms with Gasteiger partial charge in [0, 0.05) is 11.7 Å². The molecule has 0 spiro atoms. The first-order valence-electron chi connectivity index (χ1n) is 9.33. The van der Waals surface area contributed by atoms with E-state index in [9.17, 15) is 4.79 Å². The Morgan fingerprint density at radius 1 is 1.10 bits per heavy atom. The third kappa shape index (κ3) is 4.37. The Balaban J connectivity index is 1.39. The molecular weight excluding hydrogens is 390 g/mol. The van der Waals surface area contributed by atoms with E-state index in [0.29, 0.717) is 22.6 Å². The zero-order chi connectivity index (χ0) is 20.2. The number of nitrogens with zero attached hydrogens (tertiary/aromatic N) is 3. The van der Waals surface area contributed by atoms with Crippen molar-refractivity contribution in [3.05, 3.63) is 60.5 Å². The number of rotatable bonds is 6. The number of aromatic nitrogens is 2. The number of para-hydroxylation sites is 3. The Morgan fingerprint density at radius 3 is 2.59 bits per heavy atom. The molecule has 0 saturated heterocycles. The van der Waals surface area contributed by atoms with E-state index < -0.39 is 6.10 Å². The second-order valence-electron chi connectivity index (χ2n) is 6.75. The summed E-state index contributed by atoms with van der Waals surface area (Å²) in [6.07, 6.45) is -0.473. The molecule has 1 amide bonds. The first kappa shape index (κ1) is 19.3. The highest BCUT2D eigenvalue weighted by Crippen LogP contribution is 2.36. The maximum Gasteiger partial charge on any atom is 0.277 e. The van der Waals surface area contributed by atoms with Gasteiger partial charge in [-0.1, -0.05) is 42.1 Å². The molecule has 0 fully saturated rings. The number of thioether (sulfide) groups is 1. The molecule has 1 aromatic heterocycles. The number of fused-ring (bicyclic) bond motifs is 1. The first-order valence-corrected chi connectivity index (χ1v) is 10.3. The molecule has 0 unspecified atom stereocenters. The summed E-state index contributed by atoms with van der Waals surface area (Å²) >= 11 is 1.21. The van der Waals surface area contributed by atoms with Gasteiger partial charge in [0.25, 0.3) is 11.1 Å². The second kappa shape index (κ2) is 8.57. The smallest absolute Gasteiger partial charge is 0.277 e. The van der Waals surface area contributed by atoms with Gasteiger partial charge in [0.1, 0.15) is 6.61 Å². The fourth-order valence-electron chi connectivity index (χ4n) is 3.06. The minimum atomic E-state index is -0.473. The van der Waals surface area contributed by atoms with E-state index in [1.807, 2.05) is 68.4 Å². The van der Waals surface area contributed by atoms with Gasteiger partial charge in [0.05, 0.1) is 5.75 Å². The fourth-order valence-corrected chi connectivity index (χ4v) is 3.69. The van der Waals surface area contributed by atoms with Crippen LogP contribution >= 0.6 is 11.8 Å². The molecule has 0 radical (unpaired) electrons. The van der Waals surface area contributed by atoms with Crippen molar-refractivity contribution in [1.29, 1.82) is 0 Å². The van der Waals surface area contributed by atoms with Crippen molar-refractivity contribution < 1.29 is 18.7 Å². The van der Waals surface area contributed by atoms with E-state index in [-0.39, 0.29) is 24.3 Å². The Labute approximate surface area is 173 Å². The maximum absolute atomic E-state index is 12.8. The number of amides is 1. The predicted octanol–water partition coefficient (Wildman–Crippen LogP) is 4.12. The van der Waals surface area contributed by atoms with Crippen LogP contribution in [0.4, 0.5) is 5.69 Å². The average molecular weight is 411 g/mol. The second-order valence-corrected chi connectivity index (χ2v) is 7.68. The lowest BCUT2D eigenvalue weighted by atomic mass is 10.2. The Hall–Kier alpha value is -3.00. The molecule has 0 saturated carbocycles. The molecule has 1 atom stereocenters. The van der Waals surface area contributed by atoms with E-state index >= 15 is 0 Å². The molecule has 2 heterocycles. The lowest BCUT2D eigenvalue weighted by molar-refractivity contribution is -0.116. The largest absolute Gasteiger partial charge is 0.485 e. The first-order chi connectivity index (χ1) is 14.1. The summed E-state index contributed by atoms with van der Waals surface area (Å²) in [5.41, 5.74) is 0.866. The monoisotopic (exact) mass is 411 g/mol. The Bertz CT molecular complexity index is 977. The number of hydrogen-bond donors (Lipinski definition) is 0. The number of hydrogen-bond acceptors (Lipinski definition) is 7. The van der Waals surface area contributed by atoms with Gasteiger partial charge >= 0.3 is 0 Å². The van der Waals surface area contributed by atoms with E-state index in [2.05, 4.69) is 10.2 Å². The number of ether oxygens (including phenoxy) is 2. The fraction of sp³-hybridized carbons (Fsp3) is 0.286. The van der Waals surface area contributed by atoms with Crippen molar-refractivity contribution >= 4 is 23.4 Å². The van der Waals surface area contributed by atoms with Gasteiger partial charge in [0.2, 0.25) is 12.0 Å². The lowest BCUT2D eigenvalue weighted by Crippen LogP contribution is -2.38. The molecule has 0 N–H and O–H groups in total. The zero-order valence-electron chi connectivity index (χ0n) is 16.1. The molecule has 7 nitrogen and oxygen atoms in total. The Kier molecular flexibility index (Phi) is 5.71. The molecule has 1 aliphatic heterocycles. The molecule has 0 bridgehead atoms. The SMILES string of the molecule is CC(C)N(C(=O)CSc1nnc([C@H]2COc3ccccc3O2)o1)c1ccccc1. The van der Waals surface area contributed by atoms with Crippen LogP contribution in [-0.4, -0.2) is 34.5 Å². The highest BCUT2D eigenvalue weighted by Gasteiger charge is 2.28. The van der Waals surface area contributed by atoms with Gasteiger partial charge in [-0.05, 0) is 38.1 Å². The van der Waals surface area contributed by atoms with Crippen LogP contribution in [0.2, 0.25) is 0 Å². The average Bonchev–Trinajstić information content (AvgIpc) is 3.22. The third-order valence-corrected chi connectivity index (χ3v) is 5.15. The van der Waals surface area contributed by atoms with Gasteiger partial charge in [0.15, 0.2) is 11.5 Å². The topological polar surface area (TPSA) is 77.7 Å². The van der Waals surface area contributed by atoms with Crippen molar-refractivity contribution in [3.8, 4) is 11.5 Å². The standard InChI is InChI=1S/C21H21N3O4S/c1-14(2)24(15-8-4-3-5-9-15)19(25)13-29-21-23-22-20(28-21)18-12-26-16-10-6-7-11-17(16)27-18/h3-11,14,18H,12-13H2,1-2H3/t18-/m1/s1. The summed E-state index contributed by atoms with van der Waals surface area (Å²) < 4.78 is 17.3. The number of carbonyl (C=O) groups excluding carboxylic acids is 1. The van der Waals surface area contributed by atoms with Crippen LogP contribution in [0.1, 0.15) is 25.8 Å². The molecule has 4 rings (SSSR count). The van der Waals surface area contributed by atoms with Crippen LogP contribution in [0.3, 0.4) is 0 Å². The molecule has 0 aliphatic carbocycles. The van der Waals surface area contributed by atoms with Crippen LogP contribution in [0, 0.1) is 0 Å². The minimum absolute atomic E-state index is 0.0258. The van der Waals surface area contributed by atoms with Crippen molar-refractivity contribution in [1.82, 2.24) is 10.2 Å². The summed E-state index contributed by atoms with van der Waals surface area (Å²) in [5, 5.41) is 8.42. The quantitative estimate of drug-likeness (QED) is 0.565. The summed E-state index contributed by atoms with van der Waals surface area (Å²) in [6.45, 7) is 4.26. The summed E-state index contributed by atoms with van der Waals surface area (Å²) in [6, 6.07) is 17.1. The Morgan fingerprint density at radius 2 is 1.83 bits per heavy atom. The van der Waals surface area contributed by atoms with Gasteiger partial charge in [-0.3, -0.25) is 4.79 Å². The van der Waals surface area contributed by atoms with Gasteiger partial charge in [-0.15, -0.1) is 10.2 Å². The van der Waals surface area contributed by atoms with Gasteiger partial charge in [-0.25, -0.2) is 0 Å². The van der Waals surface area contributed by atoms with Crippen LogP contribution < -0.4 is 14.4 Å². The van der Waals surface area contributed by atoms with Crippen molar-refractivity contribution in [2.45, 2.75) is 31.2 Å². The number of anilines is 1. The van der Waals surface area contributed by atoms with Crippen LogP contribution in [0.25, 0.3) is 0 Å². The van der Waals surface area contributed by atoms with E-state index in [1.165, 1.54) is 11.8 Å². The van der Waals surface area contributed by atoms with Crippen molar-refractivity contribution in [2.24, 2.45) is 0 Å². The van der Waals surface area contributed by atoms with Gasteiger partial charge < -0.3 is 18.8 Å². The minimum Gasteiger partial charge on any atom is -0.485 e. The van der Waals surface area contributed by atoms with Crippen molar-refractivity contribution in [3.63, 3.8) is 0 Å². The molecular formula is C21H21N3O4S. The van der Waals surface area contributed by atoms with Crippen LogP contribution in [0.15, 0.2) is 64.2 Å². The predicted molar refractivity (Wildman–Crippen MR) is 109 cm³/mol. The van der Waals surface area contributed by atoms with Gasteiger partial charge in [-0.2, -0.15) is 0 Å². The van der Waals surface area contributed by atoms with E-state index in [0.717, 1.165) is 5.69 Å². The molecule has 29 heavy (non-hydrogen) atoms. The maximum atomic E-state index is 12.8. The van der Waals surface area contributed by atoms with E-state index in [1.54, 1.807) is 4.90 Å². The summed E-state index contributed by atoms with van der Waals surface area (Å²) in [7, 11) is 0. The number of benzene rings is 2. The lowest BCUT2D eigenvalue weighted by Gasteiger charge is -2.26. The normalized spacial score (nSPS) is 15.3. The molecule has 2 aromatic carbocycles.